The molecule has 0 aromatic heterocycles. The van der Waals surface area contributed by atoms with Crippen molar-refractivity contribution in [2.45, 2.75) is 17.9 Å². The van der Waals surface area contributed by atoms with Crippen molar-refractivity contribution in [1.29, 1.82) is 0 Å². The second-order valence-corrected chi connectivity index (χ2v) is 7.51. The van der Waals surface area contributed by atoms with Crippen LogP contribution in [0.25, 0.3) is 0 Å². The Bertz CT molecular complexity index is 778. The number of ether oxygens (including phenoxy) is 2. The Morgan fingerprint density at radius 2 is 1.62 bits per heavy atom. The number of esters is 2. The van der Waals surface area contributed by atoms with Crippen LogP contribution in [0.5, 0.6) is 0 Å². The lowest BCUT2D eigenvalue weighted by molar-refractivity contribution is 0.0591. The first-order chi connectivity index (χ1) is 12.4. The van der Waals surface area contributed by atoms with Gasteiger partial charge in [0.05, 0.1) is 30.3 Å². The van der Waals surface area contributed by atoms with Crippen molar-refractivity contribution >= 4 is 43.8 Å². The number of alkyl halides is 1. The summed E-state index contributed by atoms with van der Waals surface area (Å²) < 4.78 is 10.2. The monoisotopic (exact) mass is 483 g/mol. The highest BCUT2D eigenvalue weighted by Gasteiger charge is 2.12. The number of methoxy groups -OCH3 is 2. The van der Waals surface area contributed by atoms with Crippen LogP contribution in [-0.2, 0) is 22.4 Å². The Labute approximate surface area is 169 Å². The molecule has 1 N–H and O–H groups in total. The van der Waals surface area contributed by atoms with Gasteiger partial charge in [0.15, 0.2) is 0 Å². The van der Waals surface area contributed by atoms with Crippen LogP contribution in [0.1, 0.15) is 31.8 Å². The minimum absolute atomic E-state index is 0.0386. The largest absolute Gasteiger partial charge is 0.465 e. The molecule has 0 heterocycles. The second-order valence-electron chi connectivity index (χ2n) is 5.55. The molecule has 2 aromatic carbocycles. The average Bonchev–Trinajstić information content (AvgIpc) is 2.66. The topological polar surface area (TPSA) is 64.6 Å². The number of rotatable bonds is 7. The Balaban J connectivity index is 1.93. The highest BCUT2D eigenvalue weighted by Crippen LogP contribution is 2.20. The standard InChI is InChI=1S/C19H19Br2NO4/c1-25-18(23)14-6-3-12(4-7-14)10-17(21)22-11-13-5-8-16(20)15(9-13)19(24)26-2/h3-9,17,22H,10-11H2,1-2H3. The van der Waals surface area contributed by atoms with Gasteiger partial charge in [0, 0.05) is 11.0 Å². The molecular weight excluding hydrogens is 466 g/mol. The molecule has 0 aliphatic heterocycles. The number of benzene rings is 2. The van der Waals surface area contributed by atoms with Gasteiger partial charge in [-0.2, -0.15) is 0 Å². The van der Waals surface area contributed by atoms with Gasteiger partial charge in [0.2, 0.25) is 0 Å². The number of halogens is 2. The SMILES string of the molecule is COC(=O)c1ccc(CC(Br)NCc2ccc(Br)c(C(=O)OC)c2)cc1. The molecule has 0 spiro atoms. The third kappa shape index (κ3) is 5.65. The van der Waals surface area contributed by atoms with Crippen molar-refractivity contribution in [3.8, 4) is 0 Å². The van der Waals surface area contributed by atoms with Gasteiger partial charge in [0.1, 0.15) is 0 Å². The van der Waals surface area contributed by atoms with Crippen LogP contribution in [0.4, 0.5) is 0 Å². The normalized spacial score (nSPS) is 11.7. The average molecular weight is 485 g/mol. The number of carbonyl (C=O) groups excluding carboxylic acids is 2. The van der Waals surface area contributed by atoms with Crippen LogP contribution in [0, 0.1) is 0 Å². The van der Waals surface area contributed by atoms with E-state index in [0.717, 1.165) is 17.5 Å². The predicted molar refractivity (Wildman–Crippen MR) is 107 cm³/mol. The molecule has 0 saturated carbocycles. The van der Waals surface area contributed by atoms with E-state index < -0.39 is 0 Å². The van der Waals surface area contributed by atoms with Gasteiger partial charge in [-0.25, -0.2) is 9.59 Å². The van der Waals surface area contributed by atoms with E-state index in [1.165, 1.54) is 14.2 Å². The molecule has 1 unspecified atom stereocenters. The zero-order chi connectivity index (χ0) is 19.1. The Hall–Kier alpha value is -1.70. The molecule has 7 heteroatoms. The van der Waals surface area contributed by atoms with Crippen molar-refractivity contribution in [2.24, 2.45) is 0 Å². The second kappa shape index (κ2) is 9.85. The highest BCUT2D eigenvalue weighted by atomic mass is 79.9. The maximum atomic E-state index is 11.7. The van der Waals surface area contributed by atoms with Gasteiger partial charge in [-0.05, 0) is 57.7 Å². The minimum Gasteiger partial charge on any atom is -0.465 e. The van der Waals surface area contributed by atoms with Gasteiger partial charge < -0.3 is 14.8 Å². The molecule has 0 aliphatic carbocycles. The molecule has 0 aliphatic rings. The molecule has 2 rings (SSSR count). The fourth-order valence-corrected chi connectivity index (χ4v) is 3.30. The molecule has 0 amide bonds. The smallest absolute Gasteiger partial charge is 0.339 e. The Morgan fingerprint density at radius 3 is 2.23 bits per heavy atom. The van der Waals surface area contributed by atoms with Crippen LogP contribution >= 0.6 is 31.9 Å². The number of hydrogen-bond donors (Lipinski definition) is 1. The van der Waals surface area contributed by atoms with Gasteiger partial charge in [-0.3, -0.25) is 0 Å². The van der Waals surface area contributed by atoms with Crippen LogP contribution in [0.3, 0.4) is 0 Å². The first-order valence-electron chi connectivity index (χ1n) is 7.86. The summed E-state index contributed by atoms with van der Waals surface area (Å²) in [7, 11) is 2.72. The molecule has 1 atom stereocenters. The molecular formula is C19H19Br2NO4. The van der Waals surface area contributed by atoms with Crippen LogP contribution < -0.4 is 5.32 Å². The van der Waals surface area contributed by atoms with Gasteiger partial charge in [0.25, 0.3) is 0 Å². The quantitative estimate of drug-likeness (QED) is 0.364. The summed E-state index contributed by atoms with van der Waals surface area (Å²) in [5.74, 6) is -0.721. The summed E-state index contributed by atoms with van der Waals surface area (Å²) in [6.45, 7) is 0.591. The fourth-order valence-electron chi connectivity index (χ4n) is 2.35. The highest BCUT2D eigenvalue weighted by molar-refractivity contribution is 9.10. The third-order valence-electron chi connectivity index (χ3n) is 3.75. The Kier molecular flexibility index (Phi) is 7.81. The van der Waals surface area contributed by atoms with Gasteiger partial charge >= 0.3 is 11.9 Å². The Morgan fingerprint density at radius 1 is 1.00 bits per heavy atom. The van der Waals surface area contributed by atoms with Crippen molar-refractivity contribution in [3.05, 3.63) is 69.2 Å². The minimum atomic E-state index is -0.375. The lowest BCUT2D eigenvalue weighted by Gasteiger charge is -2.13. The summed E-state index contributed by atoms with van der Waals surface area (Å²) in [5, 5.41) is 3.36. The first kappa shape index (κ1) is 20.6. The molecule has 138 valence electrons. The van der Waals surface area contributed by atoms with Crippen molar-refractivity contribution in [3.63, 3.8) is 0 Å². The summed E-state index contributed by atoms with van der Waals surface area (Å²) in [4.78, 5) is 23.2. The van der Waals surface area contributed by atoms with Crippen LogP contribution in [0.15, 0.2) is 46.9 Å². The van der Waals surface area contributed by atoms with Gasteiger partial charge in [-0.1, -0.05) is 34.1 Å². The zero-order valence-electron chi connectivity index (χ0n) is 14.4. The van der Waals surface area contributed by atoms with E-state index in [1.54, 1.807) is 18.2 Å². The summed E-state index contributed by atoms with van der Waals surface area (Å²) in [6.07, 6.45) is 0.738. The number of carbonyl (C=O) groups is 2. The molecule has 0 radical (unpaired) electrons. The maximum Gasteiger partial charge on any atom is 0.339 e. The molecule has 0 fully saturated rings. The van der Waals surface area contributed by atoms with E-state index in [1.807, 2.05) is 24.3 Å². The maximum absolute atomic E-state index is 11.7. The number of nitrogens with one attached hydrogen (secondary N) is 1. The predicted octanol–water partition coefficient (Wildman–Crippen LogP) is 4.08. The molecule has 5 nitrogen and oxygen atoms in total. The summed E-state index contributed by atoms with van der Waals surface area (Å²) in [5.41, 5.74) is 3.08. The zero-order valence-corrected chi connectivity index (χ0v) is 17.6. The van der Waals surface area contributed by atoms with E-state index in [-0.39, 0.29) is 16.9 Å². The van der Waals surface area contributed by atoms with E-state index in [0.29, 0.717) is 22.1 Å². The molecule has 26 heavy (non-hydrogen) atoms. The van der Waals surface area contributed by atoms with E-state index in [4.69, 9.17) is 9.47 Å². The first-order valence-corrected chi connectivity index (χ1v) is 9.57. The summed E-state index contributed by atoms with van der Waals surface area (Å²) >= 11 is 6.96. The summed E-state index contributed by atoms with van der Waals surface area (Å²) in [6, 6.07) is 12.9. The molecule has 0 bridgehead atoms. The van der Waals surface area contributed by atoms with Crippen LogP contribution in [0.2, 0.25) is 0 Å². The fraction of sp³-hybridized carbons (Fsp3) is 0.263. The van der Waals surface area contributed by atoms with Crippen molar-refractivity contribution in [1.82, 2.24) is 5.32 Å². The van der Waals surface area contributed by atoms with Crippen molar-refractivity contribution < 1.29 is 19.1 Å². The van der Waals surface area contributed by atoms with E-state index in [9.17, 15) is 9.59 Å². The lowest BCUT2D eigenvalue weighted by atomic mass is 10.1. The third-order valence-corrected chi connectivity index (χ3v) is 5.09. The lowest BCUT2D eigenvalue weighted by Crippen LogP contribution is -2.25. The number of hydrogen-bond acceptors (Lipinski definition) is 5. The van der Waals surface area contributed by atoms with Crippen molar-refractivity contribution in [2.75, 3.05) is 14.2 Å². The van der Waals surface area contributed by atoms with Gasteiger partial charge in [-0.15, -0.1) is 0 Å². The molecule has 0 saturated heterocycles. The van der Waals surface area contributed by atoms with E-state index >= 15 is 0 Å². The van der Waals surface area contributed by atoms with E-state index in [2.05, 4.69) is 37.2 Å². The van der Waals surface area contributed by atoms with Crippen LogP contribution in [-0.4, -0.2) is 31.1 Å². The molecule has 2 aromatic rings.